The van der Waals surface area contributed by atoms with Gasteiger partial charge >= 0.3 is 0 Å². The van der Waals surface area contributed by atoms with Gasteiger partial charge in [-0.15, -0.1) is 0 Å². The molecule has 1 saturated heterocycles. The second kappa shape index (κ2) is 12.3. The van der Waals surface area contributed by atoms with E-state index in [0.29, 0.717) is 6.54 Å². The number of rotatable bonds is 9. The number of guanidine groups is 1. The lowest BCUT2D eigenvalue weighted by molar-refractivity contribution is -0.118. The second-order valence-electron chi connectivity index (χ2n) is 8.54. The van der Waals surface area contributed by atoms with Gasteiger partial charge in [-0.2, -0.15) is 0 Å². The van der Waals surface area contributed by atoms with Gasteiger partial charge in [0.05, 0.1) is 18.8 Å². The number of nitrogens with one attached hydrogen (secondary N) is 3. The van der Waals surface area contributed by atoms with Gasteiger partial charge in [-0.05, 0) is 62.7 Å². The third-order valence-corrected chi connectivity index (χ3v) is 5.68. The fraction of sp³-hybridized carbons (Fsp3) is 0.520. The number of carbonyl (C=O) groups excluding carboxylic acids is 1. The standard InChI is InChI=1S/C25H37N5O2/c1-4-26-25(27-17-20-10-12-21(13-11-20)29-24(31)19(2)3)28-18-22(23-9-8-16-32-23)30-14-6-5-7-15-30/h8-13,16,19,22H,4-7,14-15,17-18H2,1-3H3,(H,29,31)(H2,26,27,28). The Kier molecular flexibility index (Phi) is 9.16. The molecule has 7 nitrogen and oxygen atoms in total. The number of carbonyl (C=O) groups is 1. The lowest BCUT2D eigenvalue weighted by Crippen LogP contribution is -2.44. The Morgan fingerprint density at radius 3 is 2.47 bits per heavy atom. The van der Waals surface area contributed by atoms with Crippen molar-refractivity contribution in [3.8, 4) is 0 Å². The van der Waals surface area contributed by atoms with Gasteiger partial charge in [-0.25, -0.2) is 4.99 Å². The molecule has 2 aromatic rings. The molecular formula is C25H37N5O2. The molecule has 1 atom stereocenters. The molecule has 1 aromatic heterocycles. The predicted molar refractivity (Wildman–Crippen MR) is 130 cm³/mol. The Balaban J connectivity index is 1.60. The van der Waals surface area contributed by atoms with E-state index in [9.17, 15) is 4.79 Å². The third kappa shape index (κ3) is 7.12. The van der Waals surface area contributed by atoms with Crippen molar-refractivity contribution in [3.05, 3.63) is 54.0 Å². The van der Waals surface area contributed by atoms with Crippen LogP contribution in [0.2, 0.25) is 0 Å². The molecule has 1 amide bonds. The number of aliphatic imine (C=N–C) groups is 1. The van der Waals surface area contributed by atoms with Gasteiger partial charge in [0, 0.05) is 24.7 Å². The molecule has 3 rings (SSSR count). The summed E-state index contributed by atoms with van der Waals surface area (Å²) in [7, 11) is 0. The van der Waals surface area contributed by atoms with Crippen molar-refractivity contribution in [1.29, 1.82) is 0 Å². The third-order valence-electron chi connectivity index (χ3n) is 5.68. The van der Waals surface area contributed by atoms with Crippen LogP contribution in [-0.2, 0) is 11.3 Å². The number of furan rings is 1. The largest absolute Gasteiger partial charge is 0.468 e. The number of benzene rings is 1. The summed E-state index contributed by atoms with van der Waals surface area (Å²) >= 11 is 0. The summed E-state index contributed by atoms with van der Waals surface area (Å²) < 4.78 is 5.75. The van der Waals surface area contributed by atoms with E-state index in [2.05, 4.69) is 33.8 Å². The summed E-state index contributed by atoms with van der Waals surface area (Å²) in [6.45, 7) is 10.1. The lowest BCUT2D eigenvalue weighted by Gasteiger charge is -2.33. The van der Waals surface area contributed by atoms with Crippen molar-refractivity contribution in [3.63, 3.8) is 0 Å². The molecule has 1 aliphatic heterocycles. The van der Waals surface area contributed by atoms with Gasteiger partial charge in [0.25, 0.3) is 0 Å². The van der Waals surface area contributed by atoms with Crippen LogP contribution in [0.25, 0.3) is 0 Å². The van der Waals surface area contributed by atoms with Crippen molar-refractivity contribution in [2.45, 2.75) is 52.6 Å². The van der Waals surface area contributed by atoms with Crippen molar-refractivity contribution in [2.75, 3.05) is 31.5 Å². The van der Waals surface area contributed by atoms with Gasteiger partial charge in [-0.1, -0.05) is 32.4 Å². The predicted octanol–water partition coefficient (Wildman–Crippen LogP) is 4.16. The minimum absolute atomic E-state index is 0.0224. The first-order chi connectivity index (χ1) is 15.6. The van der Waals surface area contributed by atoms with Crippen LogP contribution in [0.15, 0.2) is 52.1 Å². The molecule has 2 heterocycles. The smallest absolute Gasteiger partial charge is 0.226 e. The number of anilines is 1. The number of likely N-dealkylation sites (tertiary alicyclic amines) is 1. The van der Waals surface area contributed by atoms with Crippen LogP contribution in [0.3, 0.4) is 0 Å². The zero-order valence-electron chi connectivity index (χ0n) is 19.6. The van der Waals surface area contributed by atoms with Crippen LogP contribution in [0.5, 0.6) is 0 Å². The topological polar surface area (TPSA) is 81.9 Å². The molecule has 3 N–H and O–H groups in total. The van der Waals surface area contributed by atoms with E-state index in [1.165, 1.54) is 19.3 Å². The van der Waals surface area contributed by atoms with Crippen LogP contribution in [-0.4, -0.2) is 42.9 Å². The molecule has 0 aliphatic carbocycles. The average molecular weight is 440 g/mol. The van der Waals surface area contributed by atoms with E-state index in [0.717, 1.165) is 49.1 Å². The van der Waals surface area contributed by atoms with E-state index >= 15 is 0 Å². The van der Waals surface area contributed by atoms with Crippen LogP contribution >= 0.6 is 0 Å². The van der Waals surface area contributed by atoms with Crippen LogP contribution in [0.1, 0.15) is 57.4 Å². The highest BCUT2D eigenvalue weighted by molar-refractivity contribution is 5.92. The molecular weight excluding hydrogens is 402 g/mol. The maximum absolute atomic E-state index is 11.9. The van der Waals surface area contributed by atoms with Gasteiger partial charge in [0.2, 0.25) is 5.91 Å². The molecule has 0 saturated carbocycles. The summed E-state index contributed by atoms with van der Waals surface area (Å²) in [5, 5.41) is 9.76. The molecule has 7 heteroatoms. The Morgan fingerprint density at radius 2 is 1.84 bits per heavy atom. The van der Waals surface area contributed by atoms with Crippen LogP contribution in [0, 0.1) is 5.92 Å². The summed E-state index contributed by atoms with van der Waals surface area (Å²) in [6, 6.07) is 12.1. The normalized spacial score (nSPS) is 16.1. The first kappa shape index (κ1) is 23.9. The van der Waals surface area contributed by atoms with Gasteiger partial charge < -0.3 is 20.4 Å². The fourth-order valence-electron chi connectivity index (χ4n) is 3.81. The molecule has 0 bridgehead atoms. The first-order valence-corrected chi connectivity index (χ1v) is 11.8. The highest BCUT2D eigenvalue weighted by Crippen LogP contribution is 2.24. The summed E-state index contributed by atoms with van der Waals surface area (Å²) in [5.74, 6) is 1.77. The number of hydrogen-bond acceptors (Lipinski definition) is 4. The highest BCUT2D eigenvalue weighted by Gasteiger charge is 2.24. The summed E-state index contributed by atoms with van der Waals surface area (Å²) in [4.78, 5) is 19.1. The van der Waals surface area contributed by atoms with Crippen molar-refractivity contribution in [2.24, 2.45) is 10.9 Å². The maximum atomic E-state index is 11.9. The Morgan fingerprint density at radius 1 is 1.09 bits per heavy atom. The van der Waals surface area contributed by atoms with E-state index in [4.69, 9.17) is 9.41 Å². The van der Waals surface area contributed by atoms with Gasteiger partial charge in [-0.3, -0.25) is 9.69 Å². The zero-order valence-corrected chi connectivity index (χ0v) is 19.6. The second-order valence-corrected chi connectivity index (χ2v) is 8.54. The SMILES string of the molecule is CCNC(=NCc1ccc(NC(=O)C(C)C)cc1)NCC(c1ccco1)N1CCCCC1. The molecule has 1 unspecified atom stereocenters. The van der Waals surface area contributed by atoms with E-state index in [1.807, 2.05) is 44.2 Å². The zero-order chi connectivity index (χ0) is 22.8. The number of nitrogens with zero attached hydrogens (tertiary/aromatic N) is 2. The van der Waals surface area contributed by atoms with Crippen molar-refractivity contribution in [1.82, 2.24) is 15.5 Å². The van der Waals surface area contributed by atoms with Crippen LogP contribution in [0.4, 0.5) is 5.69 Å². The first-order valence-electron chi connectivity index (χ1n) is 11.8. The van der Waals surface area contributed by atoms with Crippen molar-refractivity contribution < 1.29 is 9.21 Å². The molecule has 1 aliphatic rings. The molecule has 32 heavy (non-hydrogen) atoms. The minimum Gasteiger partial charge on any atom is -0.468 e. The fourth-order valence-corrected chi connectivity index (χ4v) is 3.81. The van der Waals surface area contributed by atoms with Gasteiger partial charge in [0.1, 0.15) is 5.76 Å². The minimum atomic E-state index is -0.0389. The summed E-state index contributed by atoms with van der Waals surface area (Å²) in [5.41, 5.74) is 1.90. The lowest BCUT2D eigenvalue weighted by atomic mass is 10.1. The molecule has 1 aromatic carbocycles. The molecule has 1 fully saturated rings. The molecule has 0 radical (unpaired) electrons. The number of piperidine rings is 1. The Hall–Kier alpha value is -2.80. The van der Waals surface area contributed by atoms with E-state index in [-0.39, 0.29) is 17.9 Å². The van der Waals surface area contributed by atoms with Crippen LogP contribution < -0.4 is 16.0 Å². The van der Waals surface area contributed by atoms with E-state index < -0.39 is 0 Å². The monoisotopic (exact) mass is 439 g/mol. The Labute approximate surface area is 191 Å². The van der Waals surface area contributed by atoms with Gasteiger partial charge in [0.15, 0.2) is 5.96 Å². The number of amides is 1. The quantitative estimate of drug-likeness (QED) is 0.404. The molecule has 174 valence electrons. The summed E-state index contributed by atoms with van der Waals surface area (Å²) in [6.07, 6.45) is 5.52. The van der Waals surface area contributed by atoms with Crippen molar-refractivity contribution >= 4 is 17.6 Å². The van der Waals surface area contributed by atoms with E-state index in [1.54, 1.807) is 6.26 Å². The number of hydrogen-bond donors (Lipinski definition) is 3. The highest BCUT2D eigenvalue weighted by atomic mass is 16.3. The maximum Gasteiger partial charge on any atom is 0.226 e. The average Bonchev–Trinajstić information content (AvgIpc) is 3.33. The molecule has 0 spiro atoms. The Bertz CT molecular complexity index is 840.